The van der Waals surface area contributed by atoms with E-state index in [1.807, 2.05) is 4.90 Å². The summed E-state index contributed by atoms with van der Waals surface area (Å²) in [7, 11) is 0. The summed E-state index contributed by atoms with van der Waals surface area (Å²) in [4.78, 5) is 55.0. The number of benzene rings is 1. The number of amides is 5. The first-order chi connectivity index (χ1) is 17.3. The normalized spacial score (nSPS) is 20.0. The number of hydrogen-bond donors (Lipinski definition) is 2. The number of nitrogens with one attached hydrogen (secondary N) is 1. The van der Waals surface area contributed by atoms with Crippen LogP contribution in [0.25, 0.3) is 0 Å². The molecule has 1 aromatic rings. The monoisotopic (exact) mass is 519 g/mol. The van der Waals surface area contributed by atoms with E-state index in [1.54, 1.807) is 18.2 Å². The lowest BCUT2D eigenvalue weighted by molar-refractivity contribution is -0.120. The molecular weight excluding hydrogens is 486 g/mol. The summed E-state index contributed by atoms with van der Waals surface area (Å²) in [5.41, 5.74) is 0.904. The zero-order valence-corrected chi connectivity index (χ0v) is 21.2. The first-order valence-corrected chi connectivity index (χ1v) is 13.1. The maximum Gasteiger partial charge on any atom is 0.407 e. The standard InChI is InChI=1S/C25H34ClN5O5/c26-20-5-4-19(17-21(20)31-12-8-22(32)27-24(31)34)23(33)29-15-13-28(14-16-29)9-2-1-3-18-6-10-30(11-7-18)25(35)36/h4-5,17-18H,1-3,6-16H2,(H,35,36)(H,27,32,34). The van der Waals surface area contributed by atoms with Gasteiger partial charge in [0.2, 0.25) is 5.91 Å². The highest BCUT2D eigenvalue weighted by molar-refractivity contribution is 6.34. The predicted octanol–water partition coefficient (Wildman–Crippen LogP) is 3.10. The number of unbranched alkanes of at least 4 members (excludes halogenated alkanes) is 1. The van der Waals surface area contributed by atoms with Crippen molar-refractivity contribution in [2.45, 2.75) is 38.5 Å². The highest BCUT2D eigenvalue weighted by atomic mass is 35.5. The smallest absolute Gasteiger partial charge is 0.407 e. The molecule has 36 heavy (non-hydrogen) atoms. The maximum atomic E-state index is 13.1. The number of carboxylic acid groups (broad SMARTS) is 1. The first-order valence-electron chi connectivity index (χ1n) is 12.7. The molecule has 0 radical (unpaired) electrons. The zero-order valence-electron chi connectivity index (χ0n) is 20.5. The molecule has 0 spiro atoms. The Labute approximate surface area is 216 Å². The van der Waals surface area contributed by atoms with Crippen LogP contribution in [0.15, 0.2) is 18.2 Å². The van der Waals surface area contributed by atoms with Gasteiger partial charge in [-0.15, -0.1) is 0 Å². The highest BCUT2D eigenvalue weighted by Crippen LogP contribution is 2.29. The van der Waals surface area contributed by atoms with Crippen LogP contribution in [0.2, 0.25) is 5.02 Å². The molecule has 11 heteroatoms. The summed E-state index contributed by atoms with van der Waals surface area (Å²) in [5, 5.41) is 11.7. The van der Waals surface area contributed by atoms with E-state index < -0.39 is 12.1 Å². The van der Waals surface area contributed by atoms with Gasteiger partial charge < -0.3 is 14.9 Å². The Balaban J connectivity index is 1.20. The average Bonchev–Trinajstić information content (AvgIpc) is 2.87. The third-order valence-corrected chi connectivity index (χ3v) is 7.74. The van der Waals surface area contributed by atoms with Crippen LogP contribution in [-0.4, -0.2) is 96.1 Å². The number of nitrogens with zero attached hydrogens (tertiary/aromatic N) is 4. The lowest BCUT2D eigenvalue weighted by Crippen LogP contribution is -2.50. The number of piperidine rings is 1. The minimum atomic E-state index is -0.810. The Morgan fingerprint density at radius 1 is 0.972 bits per heavy atom. The van der Waals surface area contributed by atoms with Gasteiger partial charge in [-0.1, -0.05) is 24.4 Å². The van der Waals surface area contributed by atoms with Gasteiger partial charge in [0.15, 0.2) is 0 Å². The topological polar surface area (TPSA) is 114 Å². The van der Waals surface area contributed by atoms with E-state index in [-0.39, 0.29) is 24.8 Å². The molecule has 0 aromatic heterocycles. The van der Waals surface area contributed by atoms with Gasteiger partial charge in [-0.05, 0) is 49.9 Å². The molecule has 3 heterocycles. The van der Waals surface area contributed by atoms with Crippen molar-refractivity contribution in [1.82, 2.24) is 20.0 Å². The molecule has 1 aromatic carbocycles. The second-order valence-electron chi connectivity index (χ2n) is 9.76. The molecular formula is C25H34ClN5O5. The molecule has 3 saturated heterocycles. The summed E-state index contributed by atoms with van der Waals surface area (Å²) in [6, 6.07) is 4.40. The number of piperazine rings is 1. The van der Waals surface area contributed by atoms with Crippen molar-refractivity contribution in [3.05, 3.63) is 28.8 Å². The van der Waals surface area contributed by atoms with Crippen LogP contribution < -0.4 is 10.2 Å². The van der Waals surface area contributed by atoms with Gasteiger partial charge in [-0.2, -0.15) is 0 Å². The van der Waals surface area contributed by atoms with Crippen LogP contribution in [0.3, 0.4) is 0 Å². The van der Waals surface area contributed by atoms with E-state index >= 15 is 0 Å². The molecule has 0 bridgehead atoms. The Morgan fingerprint density at radius 2 is 1.69 bits per heavy atom. The summed E-state index contributed by atoms with van der Waals surface area (Å²) < 4.78 is 0. The van der Waals surface area contributed by atoms with E-state index in [2.05, 4.69) is 10.2 Å². The van der Waals surface area contributed by atoms with E-state index in [0.29, 0.717) is 48.4 Å². The number of anilines is 1. The number of carbonyl (C=O) groups excluding carboxylic acids is 3. The Morgan fingerprint density at radius 3 is 2.36 bits per heavy atom. The van der Waals surface area contributed by atoms with Gasteiger partial charge in [-0.3, -0.25) is 24.7 Å². The molecule has 0 saturated carbocycles. The van der Waals surface area contributed by atoms with Crippen molar-refractivity contribution >= 4 is 41.2 Å². The van der Waals surface area contributed by atoms with Crippen molar-refractivity contribution in [1.29, 1.82) is 0 Å². The number of halogens is 1. The fourth-order valence-electron chi connectivity index (χ4n) is 5.19. The number of likely N-dealkylation sites (tertiary alicyclic amines) is 1. The SMILES string of the molecule is O=C1CCN(c2cc(C(=O)N3CCN(CCCCC4CCN(C(=O)O)CC4)CC3)ccc2Cl)C(=O)N1. The van der Waals surface area contributed by atoms with Gasteiger partial charge >= 0.3 is 12.1 Å². The van der Waals surface area contributed by atoms with E-state index in [1.165, 1.54) is 9.80 Å². The third-order valence-electron chi connectivity index (χ3n) is 7.42. The molecule has 0 unspecified atom stereocenters. The summed E-state index contributed by atoms with van der Waals surface area (Å²) >= 11 is 6.31. The molecule has 2 N–H and O–H groups in total. The fourth-order valence-corrected chi connectivity index (χ4v) is 5.40. The summed E-state index contributed by atoms with van der Waals surface area (Å²) in [5.74, 6) is 0.211. The number of urea groups is 1. The van der Waals surface area contributed by atoms with Crippen LogP contribution in [0.1, 0.15) is 48.9 Å². The van der Waals surface area contributed by atoms with Gasteiger partial charge in [0.1, 0.15) is 0 Å². The molecule has 196 valence electrons. The third kappa shape index (κ3) is 6.47. The summed E-state index contributed by atoms with van der Waals surface area (Å²) in [6.45, 7) is 5.45. The Kier molecular flexibility index (Phi) is 8.68. The molecule has 3 aliphatic heterocycles. The molecule has 0 aliphatic carbocycles. The van der Waals surface area contributed by atoms with Gasteiger partial charge in [0.25, 0.3) is 5.91 Å². The number of rotatable bonds is 7. The van der Waals surface area contributed by atoms with Crippen LogP contribution >= 0.6 is 11.6 Å². The average molecular weight is 520 g/mol. The van der Waals surface area contributed by atoms with Crippen molar-refractivity contribution < 1.29 is 24.3 Å². The molecule has 10 nitrogen and oxygen atoms in total. The van der Waals surface area contributed by atoms with E-state index in [9.17, 15) is 19.2 Å². The molecule has 4 rings (SSSR count). The quantitative estimate of drug-likeness (QED) is 0.535. The Bertz CT molecular complexity index is 989. The lowest BCUT2D eigenvalue weighted by Gasteiger charge is -2.35. The summed E-state index contributed by atoms with van der Waals surface area (Å²) in [6.07, 6.45) is 4.68. The highest BCUT2D eigenvalue weighted by Gasteiger charge is 2.28. The molecule has 3 aliphatic rings. The van der Waals surface area contributed by atoms with Gasteiger partial charge in [-0.25, -0.2) is 9.59 Å². The van der Waals surface area contributed by atoms with Crippen LogP contribution in [0, 0.1) is 5.92 Å². The molecule has 3 fully saturated rings. The maximum absolute atomic E-state index is 13.1. The first kappa shape index (κ1) is 26.2. The minimum Gasteiger partial charge on any atom is -0.465 e. The lowest BCUT2D eigenvalue weighted by atomic mass is 9.92. The van der Waals surface area contributed by atoms with Crippen molar-refractivity contribution in [2.75, 3.05) is 57.3 Å². The van der Waals surface area contributed by atoms with Gasteiger partial charge in [0.05, 0.1) is 10.7 Å². The number of imide groups is 1. The van der Waals surface area contributed by atoms with Crippen molar-refractivity contribution in [3.63, 3.8) is 0 Å². The molecule has 0 atom stereocenters. The number of hydrogen-bond acceptors (Lipinski definition) is 5. The molecule has 5 amide bonds. The Hall–Kier alpha value is -2.85. The van der Waals surface area contributed by atoms with Crippen LogP contribution in [0.4, 0.5) is 15.3 Å². The number of carbonyl (C=O) groups is 4. The van der Waals surface area contributed by atoms with Crippen LogP contribution in [-0.2, 0) is 4.79 Å². The predicted molar refractivity (Wildman–Crippen MR) is 135 cm³/mol. The second kappa shape index (κ2) is 11.9. The van der Waals surface area contributed by atoms with E-state index in [4.69, 9.17) is 16.7 Å². The minimum absolute atomic E-state index is 0.0891. The zero-order chi connectivity index (χ0) is 25.7. The second-order valence-corrected chi connectivity index (χ2v) is 10.2. The van der Waals surface area contributed by atoms with Crippen molar-refractivity contribution in [2.24, 2.45) is 5.92 Å². The van der Waals surface area contributed by atoms with Crippen LogP contribution in [0.5, 0.6) is 0 Å². The van der Waals surface area contributed by atoms with Crippen molar-refractivity contribution in [3.8, 4) is 0 Å². The largest absolute Gasteiger partial charge is 0.465 e. The van der Waals surface area contributed by atoms with E-state index in [0.717, 1.165) is 51.7 Å². The van der Waals surface area contributed by atoms with Gasteiger partial charge in [0, 0.05) is 57.8 Å². The fraction of sp³-hybridized carbons (Fsp3) is 0.600.